The average molecular weight is 387 g/mol. The Morgan fingerprint density at radius 1 is 1.12 bits per heavy atom. The Kier molecular flexibility index (Phi) is 5.91. The monoisotopic (exact) mass is 387 g/mol. The topological polar surface area (TPSA) is 72.5 Å². The van der Waals surface area contributed by atoms with Gasteiger partial charge < -0.3 is 10.1 Å². The molecule has 1 amide bonds. The molecule has 0 bridgehead atoms. The third kappa shape index (κ3) is 5.22. The number of hydrogen-bond donors (Lipinski definition) is 1. The molecule has 5 nitrogen and oxygen atoms in total. The van der Waals surface area contributed by atoms with Crippen LogP contribution in [-0.2, 0) is 20.8 Å². The van der Waals surface area contributed by atoms with Crippen molar-refractivity contribution >= 4 is 21.4 Å². The second-order valence-corrected chi connectivity index (χ2v) is 7.48. The van der Waals surface area contributed by atoms with Crippen LogP contribution < -0.4 is 10.1 Å². The van der Waals surface area contributed by atoms with E-state index >= 15 is 0 Å². The molecule has 0 radical (unpaired) electrons. The van der Waals surface area contributed by atoms with Gasteiger partial charge in [-0.2, -0.15) is 13.2 Å². The molecule has 26 heavy (non-hydrogen) atoms. The summed E-state index contributed by atoms with van der Waals surface area (Å²) in [6.45, 7) is 0. The minimum absolute atomic E-state index is 0.0326. The highest BCUT2D eigenvalue weighted by Crippen LogP contribution is 2.30. The summed E-state index contributed by atoms with van der Waals surface area (Å²) in [6, 6.07) is 9.81. The molecule has 0 unspecified atom stereocenters. The van der Waals surface area contributed by atoms with E-state index < -0.39 is 33.2 Å². The zero-order chi connectivity index (χ0) is 19.4. The van der Waals surface area contributed by atoms with Gasteiger partial charge in [0, 0.05) is 12.1 Å². The summed E-state index contributed by atoms with van der Waals surface area (Å²) in [5.41, 5.74) is -0.951. The largest absolute Gasteiger partial charge is 0.497 e. The lowest BCUT2D eigenvalue weighted by Crippen LogP contribution is -2.18. The van der Waals surface area contributed by atoms with Gasteiger partial charge >= 0.3 is 6.18 Å². The van der Waals surface area contributed by atoms with Crippen molar-refractivity contribution in [3.05, 3.63) is 54.1 Å². The summed E-state index contributed by atoms with van der Waals surface area (Å²) in [5, 5.41) is 2.27. The summed E-state index contributed by atoms with van der Waals surface area (Å²) in [4.78, 5) is 11.9. The first-order valence-electron chi connectivity index (χ1n) is 7.46. The van der Waals surface area contributed by atoms with Gasteiger partial charge in [0.15, 0.2) is 9.84 Å². The summed E-state index contributed by atoms with van der Waals surface area (Å²) < 4.78 is 67.3. The maximum absolute atomic E-state index is 12.7. The number of benzene rings is 2. The fourth-order valence-corrected chi connectivity index (χ4v) is 3.37. The lowest BCUT2D eigenvalue weighted by Gasteiger charge is -2.10. The molecule has 140 valence electrons. The van der Waals surface area contributed by atoms with Gasteiger partial charge in [0.2, 0.25) is 5.91 Å². The second-order valence-electron chi connectivity index (χ2n) is 5.37. The van der Waals surface area contributed by atoms with E-state index in [1.54, 1.807) is 0 Å². The highest BCUT2D eigenvalue weighted by Gasteiger charge is 2.30. The number of alkyl halides is 3. The smallest absolute Gasteiger partial charge is 0.416 e. The predicted molar refractivity (Wildman–Crippen MR) is 89.7 cm³/mol. The normalized spacial score (nSPS) is 11.8. The number of sulfone groups is 1. The Labute approximate surface area is 148 Å². The summed E-state index contributed by atoms with van der Waals surface area (Å²) >= 11 is 0. The number of amides is 1. The number of halogens is 3. The Hall–Kier alpha value is -2.55. The minimum atomic E-state index is -4.53. The van der Waals surface area contributed by atoms with Gasteiger partial charge in [-0.3, -0.25) is 4.79 Å². The number of nitrogens with one attached hydrogen (secondary N) is 1. The van der Waals surface area contributed by atoms with Crippen molar-refractivity contribution in [2.75, 3.05) is 18.2 Å². The van der Waals surface area contributed by atoms with Crippen LogP contribution in [0.15, 0.2) is 53.4 Å². The number of methoxy groups -OCH3 is 1. The maximum atomic E-state index is 12.7. The molecule has 2 rings (SSSR count). The van der Waals surface area contributed by atoms with Gasteiger partial charge in [0.1, 0.15) is 5.75 Å². The molecule has 0 fully saturated rings. The highest BCUT2D eigenvalue weighted by molar-refractivity contribution is 7.91. The highest BCUT2D eigenvalue weighted by atomic mass is 32.2. The van der Waals surface area contributed by atoms with Crippen molar-refractivity contribution in [1.82, 2.24) is 0 Å². The summed E-state index contributed by atoms with van der Waals surface area (Å²) in [6.07, 6.45) is -4.91. The van der Waals surface area contributed by atoms with Gasteiger partial charge in [-0.05, 0) is 42.5 Å². The molecule has 0 aromatic heterocycles. The van der Waals surface area contributed by atoms with Gasteiger partial charge in [0.25, 0.3) is 0 Å². The fraction of sp³-hybridized carbons (Fsp3) is 0.235. The van der Waals surface area contributed by atoms with Crippen LogP contribution in [0.25, 0.3) is 0 Å². The molecular weight excluding hydrogens is 371 g/mol. The van der Waals surface area contributed by atoms with Crippen LogP contribution in [0.1, 0.15) is 12.0 Å². The number of anilines is 1. The van der Waals surface area contributed by atoms with E-state index in [1.807, 2.05) is 0 Å². The predicted octanol–water partition coefficient (Wildman–Crippen LogP) is 3.52. The van der Waals surface area contributed by atoms with Gasteiger partial charge in [-0.15, -0.1) is 0 Å². The molecule has 0 spiro atoms. The number of carbonyl (C=O) groups is 1. The SMILES string of the molecule is COc1ccc(S(=O)(=O)CCC(=O)Nc2cccc(C(F)(F)F)c2)cc1. The van der Waals surface area contributed by atoms with Crippen LogP contribution in [0.3, 0.4) is 0 Å². The molecule has 1 N–H and O–H groups in total. The Morgan fingerprint density at radius 2 is 1.77 bits per heavy atom. The molecular formula is C17H16F3NO4S. The standard InChI is InChI=1S/C17H16F3NO4S/c1-25-14-5-7-15(8-6-14)26(23,24)10-9-16(22)21-13-4-2-3-12(11-13)17(18,19)20/h2-8,11H,9-10H2,1H3,(H,21,22). The molecule has 0 aliphatic carbocycles. The lowest BCUT2D eigenvalue weighted by atomic mass is 10.2. The molecule has 2 aromatic carbocycles. The third-order valence-corrected chi connectivity index (χ3v) is 5.22. The van der Waals surface area contributed by atoms with Crippen molar-refractivity contribution in [1.29, 1.82) is 0 Å². The van der Waals surface area contributed by atoms with Crippen LogP contribution in [0.2, 0.25) is 0 Å². The van der Waals surface area contributed by atoms with E-state index in [4.69, 9.17) is 4.74 Å². The molecule has 0 saturated carbocycles. The third-order valence-electron chi connectivity index (χ3n) is 3.49. The molecule has 9 heteroatoms. The van der Waals surface area contributed by atoms with Crippen LogP contribution >= 0.6 is 0 Å². The first-order valence-corrected chi connectivity index (χ1v) is 9.11. The fourth-order valence-electron chi connectivity index (χ4n) is 2.12. The van der Waals surface area contributed by atoms with E-state index in [2.05, 4.69) is 5.32 Å². The molecule has 0 aliphatic rings. The van der Waals surface area contributed by atoms with E-state index in [0.29, 0.717) is 5.75 Å². The average Bonchev–Trinajstić information content (AvgIpc) is 2.60. The zero-order valence-electron chi connectivity index (χ0n) is 13.7. The quantitative estimate of drug-likeness (QED) is 0.823. The lowest BCUT2D eigenvalue weighted by molar-refractivity contribution is -0.137. The van der Waals surface area contributed by atoms with Crippen molar-refractivity contribution < 1.29 is 31.1 Å². The summed E-state index contributed by atoms with van der Waals surface area (Å²) in [5.74, 6) is -0.669. The van der Waals surface area contributed by atoms with Crippen molar-refractivity contribution in [3.8, 4) is 5.75 Å². The zero-order valence-corrected chi connectivity index (χ0v) is 14.5. The molecule has 0 saturated heterocycles. The summed E-state index contributed by atoms with van der Waals surface area (Å²) in [7, 11) is -2.25. The molecule has 2 aromatic rings. The van der Waals surface area contributed by atoms with Gasteiger partial charge in [-0.25, -0.2) is 8.42 Å². The molecule has 0 heterocycles. The number of hydrogen-bond acceptors (Lipinski definition) is 4. The first-order chi connectivity index (χ1) is 12.1. The number of carbonyl (C=O) groups excluding carboxylic acids is 1. The Bertz CT molecular complexity index is 878. The second kappa shape index (κ2) is 7.77. The van der Waals surface area contributed by atoms with Crippen molar-refractivity contribution in [3.63, 3.8) is 0 Å². The van der Waals surface area contributed by atoms with Crippen molar-refractivity contribution in [2.45, 2.75) is 17.5 Å². The maximum Gasteiger partial charge on any atom is 0.416 e. The van der Waals surface area contributed by atoms with Crippen LogP contribution in [0, 0.1) is 0 Å². The van der Waals surface area contributed by atoms with Crippen LogP contribution in [-0.4, -0.2) is 27.2 Å². The van der Waals surface area contributed by atoms with E-state index in [-0.39, 0.29) is 17.0 Å². The number of ether oxygens (including phenoxy) is 1. The molecule has 0 atom stereocenters. The van der Waals surface area contributed by atoms with E-state index in [1.165, 1.54) is 37.4 Å². The van der Waals surface area contributed by atoms with Crippen LogP contribution in [0.4, 0.5) is 18.9 Å². The van der Waals surface area contributed by atoms with Crippen molar-refractivity contribution in [2.24, 2.45) is 0 Å². The molecule has 0 aliphatic heterocycles. The first kappa shape index (κ1) is 19.8. The van der Waals surface area contributed by atoms with Crippen LogP contribution in [0.5, 0.6) is 5.75 Å². The number of rotatable bonds is 6. The Morgan fingerprint density at radius 3 is 2.35 bits per heavy atom. The van der Waals surface area contributed by atoms with E-state index in [0.717, 1.165) is 18.2 Å². The van der Waals surface area contributed by atoms with Gasteiger partial charge in [0.05, 0.1) is 23.3 Å². The van der Waals surface area contributed by atoms with E-state index in [9.17, 15) is 26.4 Å². The Balaban J connectivity index is 1.99. The minimum Gasteiger partial charge on any atom is -0.497 e. The van der Waals surface area contributed by atoms with Gasteiger partial charge in [-0.1, -0.05) is 6.07 Å².